The van der Waals surface area contributed by atoms with Crippen LogP contribution in [0.25, 0.3) is 0 Å². The number of aromatic nitrogens is 3. The van der Waals surface area contributed by atoms with Gasteiger partial charge < -0.3 is 10.1 Å². The van der Waals surface area contributed by atoms with Crippen LogP contribution in [0.15, 0.2) is 6.20 Å². The van der Waals surface area contributed by atoms with Gasteiger partial charge in [0.05, 0.1) is 5.21 Å². The molecule has 1 heterocycles. The van der Waals surface area contributed by atoms with E-state index in [0.29, 0.717) is 0 Å². The molecule has 1 aromatic rings. The van der Waals surface area contributed by atoms with Gasteiger partial charge in [-0.3, -0.25) is 0 Å². The van der Waals surface area contributed by atoms with Crippen molar-refractivity contribution in [3.05, 3.63) is 16.3 Å². The SMILES string of the molecule is O=[N+]([O-])c1cn(CCl)nn1. The third kappa shape index (κ3) is 1.21. The van der Waals surface area contributed by atoms with E-state index in [1.165, 1.54) is 4.68 Å². The third-order valence-corrected chi connectivity index (χ3v) is 1.08. The van der Waals surface area contributed by atoms with Crippen LogP contribution in [0.4, 0.5) is 5.82 Å². The summed E-state index contributed by atoms with van der Waals surface area (Å²) in [6.07, 6.45) is 1.16. The normalized spacial score (nSPS) is 9.70. The van der Waals surface area contributed by atoms with Gasteiger partial charge in [0.1, 0.15) is 17.3 Å². The summed E-state index contributed by atoms with van der Waals surface area (Å²) in [7, 11) is 0. The van der Waals surface area contributed by atoms with Gasteiger partial charge in [0.15, 0.2) is 0 Å². The second-order valence-corrected chi connectivity index (χ2v) is 1.73. The van der Waals surface area contributed by atoms with Crippen LogP contribution < -0.4 is 0 Å². The van der Waals surface area contributed by atoms with Crippen molar-refractivity contribution in [2.75, 3.05) is 0 Å². The zero-order valence-corrected chi connectivity index (χ0v) is 5.52. The van der Waals surface area contributed by atoms with Gasteiger partial charge in [-0.1, -0.05) is 0 Å². The molecule has 10 heavy (non-hydrogen) atoms. The summed E-state index contributed by atoms with van der Waals surface area (Å²) in [6.45, 7) is 0. The molecule has 0 bridgehead atoms. The molecule has 0 N–H and O–H groups in total. The van der Waals surface area contributed by atoms with Crippen LogP contribution >= 0.6 is 11.6 Å². The molecule has 0 fully saturated rings. The topological polar surface area (TPSA) is 73.8 Å². The number of halogens is 1. The first kappa shape index (κ1) is 6.94. The third-order valence-electron chi connectivity index (χ3n) is 0.836. The molecule has 0 saturated carbocycles. The minimum atomic E-state index is -0.629. The van der Waals surface area contributed by atoms with E-state index in [9.17, 15) is 10.1 Å². The lowest BCUT2D eigenvalue weighted by Crippen LogP contribution is -1.90. The molecule has 0 aromatic carbocycles. The highest BCUT2D eigenvalue weighted by atomic mass is 35.5. The molecule has 0 unspecified atom stereocenters. The first-order valence-corrected chi connectivity index (χ1v) is 2.88. The molecule has 0 saturated heterocycles. The quantitative estimate of drug-likeness (QED) is 0.358. The molecule has 0 aliphatic carbocycles. The van der Waals surface area contributed by atoms with Gasteiger partial charge in [-0.2, -0.15) is 0 Å². The molecule has 0 amide bonds. The van der Waals surface area contributed by atoms with E-state index in [4.69, 9.17) is 11.6 Å². The van der Waals surface area contributed by atoms with Crippen LogP contribution in [-0.4, -0.2) is 19.9 Å². The highest BCUT2D eigenvalue weighted by molar-refractivity contribution is 6.15. The second-order valence-electron chi connectivity index (χ2n) is 1.49. The Morgan fingerprint density at radius 2 is 2.60 bits per heavy atom. The number of rotatable bonds is 2. The standard InChI is InChI=1S/C3H3ClN4O2/c4-2-7-1-3(5-6-7)8(9)10/h1H,2H2. The number of hydrogen-bond acceptors (Lipinski definition) is 4. The first-order chi connectivity index (χ1) is 4.74. The molecule has 1 aromatic heterocycles. The van der Waals surface area contributed by atoms with E-state index in [2.05, 4.69) is 10.3 Å². The summed E-state index contributed by atoms with van der Waals surface area (Å²) in [5.41, 5.74) is 0. The molecule has 54 valence electrons. The maximum atomic E-state index is 9.98. The van der Waals surface area contributed by atoms with Crippen molar-refractivity contribution in [1.29, 1.82) is 0 Å². The average Bonchev–Trinajstić information content (AvgIpc) is 2.34. The van der Waals surface area contributed by atoms with Gasteiger partial charge in [0.2, 0.25) is 0 Å². The largest absolute Gasteiger partial charge is 0.410 e. The van der Waals surface area contributed by atoms with Crippen molar-refractivity contribution < 1.29 is 4.92 Å². The Kier molecular flexibility index (Phi) is 1.81. The Morgan fingerprint density at radius 1 is 1.90 bits per heavy atom. The summed E-state index contributed by atoms with van der Waals surface area (Å²) in [5, 5.41) is 16.5. The molecule has 0 radical (unpaired) electrons. The fourth-order valence-corrected chi connectivity index (χ4v) is 0.547. The van der Waals surface area contributed by atoms with Gasteiger partial charge in [0.25, 0.3) is 0 Å². The maximum absolute atomic E-state index is 9.98. The van der Waals surface area contributed by atoms with Gasteiger partial charge in [-0.25, -0.2) is 4.68 Å². The van der Waals surface area contributed by atoms with Crippen molar-refractivity contribution in [1.82, 2.24) is 15.0 Å². The van der Waals surface area contributed by atoms with Crippen LogP contribution in [0.2, 0.25) is 0 Å². The second kappa shape index (κ2) is 2.61. The van der Waals surface area contributed by atoms with Crippen LogP contribution in [0, 0.1) is 10.1 Å². The maximum Gasteiger partial charge on any atom is 0.410 e. The summed E-state index contributed by atoms with van der Waals surface area (Å²) >= 11 is 5.28. The van der Waals surface area contributed by atoms with Crippen LogP contribution in [-0.2, 0) is 6.00 Å². The van der Waals surface area contributed by atoms with Crippen LogP contribution in [0.3, 0.4) is 0 Å². The summed E-state index contributed by atoms with van der Waals surface area (Å²) < 4.78 is 1.17. The van der Waals surface area contributed by atoms with Crippen molar-refractivity contribution in [3.63, 3.8) is 0 Å². The minimum absolute atomic E-state index is 0.0703. The zero-order valence-electron chi connectivity index (χ0n) is 4.77. The van der Waals surface area contributed by atoms with Crippen LogP contribution in [0.5, 0.6) is 0 Å². The lowest BCUT2D eigenvalue weighted by atomic mass is 10.8. The molecular weight excluding hydrogens is 160 g/mol. The molecule has 0 aliphatic heterocycles. The van der Waals surface area contributed by atoms with Crippen molar-refractivity contribution in [2.24, 2.45) is 0 Å². The molecule has 0 atom stereocenters. The molecular formula is C3H3ClN4O2. The van der Waals surface area contributed by atoms with Gasteiger partial charge in [-0.15, -0.1) is 11.6 Å². The summed E-state index contributed by atoms with van der Waals surface area (Å²) in [6, 6.07) is 0.0703. The Bertz CT molecular complexity index is 246. The van der Waals surface area contributed by atoms with Crippen molar-refractivity contribution in [3.8, 4) is 0 Å². The highest BCUT2D eigenvalue weighted by Gasteiger charge is 2.10. The summed E-state index contributed by atoms with van der Waals surface area (Å²) in [4.78, 5) is 9.35. The average molecular weight is 163 g/mol. The molecule has 0 spiro atoms. The Balaban J connectivity index is 2.88. The monoisotopic (exact) mass is 162 g/mol. The van der Waals surface area contributed by atoms with Crippen LogP contribution in [0.1, 0.15) is 0 Å². The Labute approximate surface area is 60.5 Å². The molecule has 1 rings (SSSR count). The van der Waals surface area contributed by atoms with E-state index in [-0.39, 0.29) is 11.8 Å². The minimum Gasteiger partial charge on any atom is -0.358 e. The van der Waals surface area contributed by atoms with E-state index in [1.54, 1.807) is 0 Å². The number of hydrogen-bond donors (Lipinski definition) is 0. The number of nitro groups is 1. The van der Waals surface area contributed by atoms with Crippen molar-refractivity contribution >= 4 is 17.4 Å². The molecule has 7 heteroatoms. The van der Waals surface area contributed by atoms with E-state index >= 15 is 0 Å². The summed E-state index contributed by atoms with van der Waals surface area (Å²) in [5.74, 6) is -0.291. The molecule has 6 nitrogen and oxygen atoms in total. The number of alkyl halides is 1. The highest BCUT2D eigenvalue weighted by Crippen LogP contribution is 2.02. The van der Waals surface area contributed by atoms with Crippen molar-refractivity contribution in [2.45, 2.75) is 6.00 Å². The van der Waals surface area contributed by atoms with E-state index < -0.39 is 4.92 Å². The van der Waals surface area contributed by atoms with E-state index in [0.717, 1.165) is 6.20 Å². The lowest BCUT2D eigenvalue weighted by Gasteiger charge is -1.83. The van der Waals surface area contributed by atoms with Gasteiger partial charge in [0, 0.05) is 0 Å². The number of nitrogens with zero attached hydrogens (tertiary/aromatic N) is 4. The predicted octanol–water partition coefficient (Wildman–Crippen LogP) is 0.383. The molecule has 0 aliphatic rings. The first-order valence-electron chi connectivity index (χ1n) is 2.34. The fraction of sp³-hybridized carbons (Fsp3) is 0.333. The lowest BCUT2D eigenvalue weighted by molar-refractivity contribution is -0.389. The van der Waals surface area contributed by atoms with E-state index in [1.807, 2.05) is 0 Å². The van der Waals surface area contributed by atoms with Gasteiger partial charge in [-0.05, 0) is 4.92 Å². The van der Waals surface area contributed by atoms with Gasteiger partial charge >= 0.3 is 5.82 Å². The Morgan fingerprint density at radius 3 is 2.90 bits per heavy atom. The zero-order chi connectivity index (χ0) is 7.56. The fourth-order valence-electron chi connectivity index (χ4n) is 0.430. The Hall–Kier alpha value is -1.17. The predicted molar refractivity (Wildman–Crippen MR) is 32.5 cm³/mol. The smallest absolute Gasteiger partial charge is 0.358 e.